The standard InChI is InChI=1S/C23H28ClN3O2/c1-15-4-6-19(12-17(15)3)25-22(28)14-27-10-8-18(9-11-27)23(29)26-20-7-5-16(2)21(24)13-20/h4-7,12-13,18H,8-11,14H2,1-3H3,(H,25,28)(H,26,29). The third kappa shape index (κ3) is 5.81. The van der Waals surface area contributed by atoms with Gasteiger partial charge in [0.15, 0.2) is 0 Å². The molecule has 2 aromatic rings. The number of hydrogen-bond acceptors (Lipinski definition) is 3. The second-order valence-corrected chi connectivity index (χ2v) is 8.26. The molecule has 0 unspecified atom stereocenters. The molecule has 0 saturated carbocycles. The van der Waals surface area contributed by atoms with Crippen molar-refractivity contribution >= 4 is 34.8 Å². The highest BCUT2D eigenvalue weighted by Crippen LogP contribution is 2.23. The molecule has 154 valence electrons. The number of halogens is 1. The van der Waals surface area contributed by atoms with Gasteiger partial charge in [-0.1, -0.05) is 23.7 Å². The van der Waals surface area contributed by atoms with E-state index in [1.165, 1.54) is 5.56 Å². The van der Waals surface area contributed by atoms with Crippen molar-refractivity contribution in [1.29, 1.82) is 0 Å². The van der Waals surface area contributed by atoms with Gasteiger partial charge in [-0.3, -0.25) is 14.5 Å². The Balaban J connectivity index is 1.45. The fourth-order valence-corrected chi connectivity index (χ4v) is 3.67. The van der Waals surface area contributed by atoms with Gasteiger partial charge in [0.25, 0.3) is 0 Å². The molecule has 0 aromatic heterocycles. The molecule has 0 radical (unpaired) electrons. The van der Waals surface area contributed by atoms with E-state index >= 15 is 0 Å². The van der Waals surface area contributed by atoms with Crippen LogP contribution in [-0.2, 0) is 9.59 Å². The van der Waals surface area contributed by atoms with Crippen molar-refractivity contribution in [1.82, 2.24) is 4.90 Å². The number of nitrogens with one attached hydrogen (secondary N) is 2. The minimum atomic E-state index is -0.0471. The van der Waals surface area contributed by atoms with Crippen molar-refractivity contribution in [2.24, 2.45) is 5.92 Å². The summed E-state index contributed by atoms with van der Waals surface area (Å²) in [7, 11) is 0. The number of carbonyl (C=O) groups is 2. The maximum Gasteiger partial charge on any atom is 0.238 e. The number of benzene rings is 2. The normalized spacial score (nSPS) is 15.2. The number of anilines is 2. The Kier molecular flexibility index (Phi) is 6.93. The summed E-state index contributed by atoms with van der Waals surface area (Å²) < 4.78 is 0. The Morgan fingerprint density at radius 2 is 1.55 bits per heavy atom. The monoisotopic (exact) mass is 413 g/mol. The lowest BCUT2D eigenvalue weighted by Gasteiger charge is -2.30. The summed E-state index contributed by atoms with van der Waals surface area (Å²) in [4.78, 5) is 27.0. The minimum Gasteiger partial charge on any atom is -0.326 e. The summed E-state index contributed by atoms with van der Waals surface area (Å²) in [5.74, 6) is -0.0521. The summed E-state index contributed by atoms with van der Waals surface area (Å²) in [6.07, 6.45) is 1.48. The van der Waals surface area contributed by atoms with Gasteiger partial charge < -0.3 is 10.6 Å². The van der Waals surface area contributed by atoms with Gasteiger partial charge in [-0.25, -0.2) is 0 Å². The molecule has 0 spiro atoms. The molecular formula is C23H28ClN3O2. The minimum absolute atomic E-state index is 0.0177. The SMILES string of the molecule is Cc1ccc(NC(=O)CN2CCC(C(=O)Nc3ccc(C)c(Cl)c3)CC2)cc1C. The molecule has 1 heterocycles. The van der Waals surface area contributed by atoms with Crippen LogP contribution >= 0.6 is 11.6 Å². The number of piperidine rings is 1. The first kappa shape index (κ1) is 21.3. The zero-order valence-corrected chi connectivity index (χ0v) is 18.0. The van der Waals surface area contributed by atoms with Crippen molar-refractivity contribution in [3.05, 3.63) is 58.1 Å². The molecule has 0 bridgehead atoms. The van der Waals surface area contributed by atoms with Gasteiger partial charge >= 0.3 is 0 Å². The van der Waals surface area contributed by atoms with Crippen molar-refractivity contribution in [3.63, 3.8) is 0 Å². The topological polar surface area (TPSA) is 61.4 Å². The van der Waals surface area contributed by atoms with E-state index in [9.17, 15) is 9.59 Å². The van der Waals surface area contributed by atoms with Crippen LogP contribution in [0.5, 0.6) is 0 Å². The third-order valence-corrected chi connectivity index (χ3v) is 5.96. The summed E-state index contributed by atoms with van der Waals surface area (Å²) >= 11 is 6.13. The van der Waals surface area contributed by atoms with Crippen LogP contribution in [0.25, 0.3) is 0 Å². The van der Waals surface area contributed by atoms with Crippen LogP contribution in [0.3, 0.4) is 0 Å². The molecule has 6 heteroatoms. The highest BCUT2D eigenvalue weighted by molar-refractivity contribution is 6.31. The second kappa shape index (κ2) is 9.42. The summed E-state index contributed by atoms with van der Waals surface area (Å²) in [6, 6.07) is 11.5. The molecule has 3 rings (SSSR count). The first-order chi connectivity index (χ1) is 13.8. The van der Waals surface area contributed by atoms with Gasteiger partial charge in [-0.2, -0.15) is 0 Å². The number of rotatable bonds is 5. The van der Waals surface area contributed by atoms with Gasteiger partial charge in [0.05, 0.1) is 6.54 Å². The molecule has 0 atom stereocenters. The van der Waals surface area contributed by atoms with Crippen LogP contribution in [0.1, 0.15) is 29.5 Å². The lowest BCUT2D eigenvalue weighted by atomic mass is 9.95. The summed E-state index contributed by atoms with van der Waals surface area (Å²) in [5.41, 5.74) is 4.89. The number of hydrogen-bond donors (Lipinski definition) is 2. The van der Waals surface area contributed by atoms with Gasteiger partial charge in [0.1, 0.15) is 0 Å². The third-order valence-electron chi connectivity index (χ3n) is 5.56. The molecule has 5 nitrogen and oxygen atoms in total. The fourth-order valence-electron chi connectivity index (χ4n) is 3.49. The number of amides is 2. The van der Waals surface area contributed by atoms with Crippen molar-refractivity contribution < 1.29 is 9.59 Å². The van der Waals surface area contributed by atoms with E-state index in [-0.39, 0.29) is 17.7 Å². The van der Waals surface area contributed by atoms with E-state index in [4.69, 9.17) is 11.6 Å². The van der Waals surface area contributed by atoms with Crippen molar-refractivity contribution in [2.45, 2.75) is 33.6 Å². The number of aryl methyl sites for hydroxylation is 3. The smallest absolute Gasteiger partial charge is 0.238 e. The molecule has 1 aliphatic rings. The molecule has 2 amide bonds. The summed E-state index contributed by atoms with van der Waals surface area (Å²) in [5, 5.41) is 6.56. The Bertz CT molecular complexity index is 905. The molecule has 1 aliphatic heterocycles. The van der Waals surface area contributed by atoms with Gasteiger partial charge in [-0.15, -0.1) is 0 Å². The Hall–Kier alpha value is -2.37. The highest BCUT2D eigenvalue weighted by Gasteiger charge is 2.26. The molecular weight excluding hydrogens is 386 g/mol. The van der Waals surface area contributed by atoms with E-state index in [0.717, 1.165) is 48.4 Å². The van der Waals surface area contributed by atoms with Crippen molar-refractivity contribution in [3.8, 4) is 0 Å². The maximum absolute atomic E-state index is 12.5. The predicted molar refractivity (Wildman–Crippen MR) is 119 cm³/mol. The zero-order valence-electron chi connectivity index (χ0n) is 17.2. The molecule has 2 aromatic carbocycles. The van der Waals surface area contributed by atoms with Crippen LogP contribution in [0.4, 0.5) is 11.4 Å². The first-order valence-electron chi connectivity index (χ1n) is 9.98. The average Bonchev–Trinajstić information content (AvgIpc) is 2.68. The fraction of sp³-hybridized carbons (Fsp3) is 0.391. The van der Waals surface area contributed by atoms with Crippen LogP contribution in [0, 0.1) is 26.7 Å². The molecule has 1 saturated heterocycles. The van der Waals surface area contributed by atoms with Crippen LogP contribution in [0.15, 0.2) is 36.4 Å². The number of carbonyl (C=O) groups excluding carboxylic acids is 2. The average molecular weight is 414 g/mol. The Morgan fingerprint density at radius 3 is 2.17 bits per heavy atom. The number of nitrogens with zero attached hydrogens (tertiary/aromatic N) is 1. The number of likely N-dealkylation sites (tertiary alicyclic amines) is 1. The van der Waals surface area contributed by atoms with Crippen LogP contribution < -0.4 is 10.6 Å². The second-order valence-electron chi connectivity index (χ2n) is 7.85. The highest BCUT2D eigenvalue weighted by atomic mass is 35.5. The van der Waals surface area contributed by atoms with E-state index < -0.39 is 0 Å². The van der Waals surface area contributed by atoms with Gasteiger partial charge in [0, 0.05) is 22.3 Å². The van der Waals surface area contributed by atoms with Crippen molar-refractivity contribution in [2.75, 3.05) is 30.3 Å². The van der Waals surface area contributed by atoms with E-state index in [1.54, 1.807) is 6.07 Å². The molecule has 29 heavy (non-hydrogen) atoms. The Morgan fingerprint density at radius 1 is 0.931 bits per heavy atom. The lowest BCUT2D eigenvalue weighted by Crippen LogP contribution is -2.41. The van der Waals surface area contributed by atoms with Crippen LogP contribution in [0.2, 0.25) is 5.02 Å². The molecule has 2 N–H and O–H groups in total. The lowest BCUT2D eigenvalue weighted by molar-refractivity contribution is -0.121. The van der Waals surface area contributed by atoms with E-state index in [1.807, 2.05) is 44.2 Å². The quantitative estimate of drug-likeness (QED) is 0.755. The van der Waals surface area contributed by atoms with Crippen LogP contribution in [-0.4, -0.2) is 36.3 Å². The Labute approximate surface area is 177 Å². The van der Waals surface area contributed by atoms with Gasteiger partial charge in [0.2, 0.25) is 11.8 Å². The summed E-state index contributed by atoms with van der Waals surface area (Å²) in [6.45, 7) is 7.81. The van der Waals surface area contributed by atoms with E-state index in [2.05, 4.69) is 22.5 Å². The largest absolute Gasteiger partial charge is 0.326 e. The maximum atomic E-state index is 12.5. The van der Waals surface area contributed by atoms with E-state index in [0.29, 0.717) is 11.6 Å². The first-order valence-corrected chi connectivity index (χ1v) is 10.4. The zero-order chi connectivity index (χ0) is 21.0. The predicted octanol–water partition coefficient (Wildman–Crippen LogP) is 4.55. The van der Waals surface area contributed by atoms with Gasteiger partial charge in [-0.05, 0) is 87.7 Å². The molecule has 1 fully saturated rings. The molecule has 0 aliphatic carbocycles.